The van der Waals surface area contributed by atoms with E-state index in [1.165, 1.54) is 141 Å². The summed E-state index contributed by atoms with van der Waals surface area (Å²) in [5.41, 5.74) is 5.37. The molecule has 3 N–H and O–H groups in total. The Kier molecular flexibility index (Phi) is 46.3. The number of allylic oxidation sites excluding steroid dienone is 11. The van der Waals surface area contributed by atoms with Crippen molar-refractivity contribution in [2.75, 3.05) is 33.0 Å². The molecule has 8 nitrogen and oxygen atoms in total. The van der Waals surface area contributed by atoms with Crippen LogP contribution in [0.5, 0.6) is 0 Å². The van der Waals surface area contributed by atoms with Gasteiger partial charge in [0.25, 0.3) is 0 Å². The number of phosphoric ester groups is 1. The van der Waals surface area contributed by atoms with Crippen LogP contribution in [0.15, 0.2) is 72.9 Å². The van der Waals surface area contributed by atoms with Crippen LogP contribution >= 0.6 is 7.82 Å². The zero-order valence-corrected chi connectivity index (χ0v) is 39.6. The van der Waals surface area contributed by atoms with E-state index >= 15 is 0 Å². The molecule has 0 aromatic heterocycles. The van der Waals surface area contributed by atoms with Gasteiger partial charge in [0, 0.05) is 13.2 Å². The van der Waals surface area contributed by atoms with Crippen molar-refractivity contribution < 1.29 is 32.8 Å². The van der Waals surface area contributed by atoms with Crippen LogP contribution in [-0.2, 0) is 27.9 Å². The van der Waals surface area contributed by atoms with Crippen molar-refractivity contribution in [3.05, 3.63) is 72.9 Å². The van der Waals surface area contributed by atoms with E-state index in [4.69, 9.17) is 24.3 Å². The Balaban J connectivity index is 3.98. The lowest BCUT2D eigenvalue weighted by atomic mass is 10.0. The van der Waals surface area contributed by atoms with Crippen molar-refractivity contribution in [3.63, 3.8) is 0 Å². The number of carbonyl (C=O) groups is 1. The van der Waals surface area contributed by atoms with Crippen molar-refractivity contribution in [2.24, 2.45) is 5.73 Å². The molecule has 0 aromatic rings. The van der Waals surface area contributed by atoms with E-state index in [0.717, 1.165) is 38.5 Å². The predicted octanol–water partition coefficient (Wildman–Crippen LogP) is 15.1. The smallest absolute Gasteiger partial charge is 0.457 e. The molecule has 0 bridgehead atoms. The Bertz CT molecular complexity index is 1150. The molecule has 348 valence electrons. The zero-order chi connectivity index (χ0) is 43.7. The molecule has 0 spiro atoms. The zero-order valence-electron chi connectivity index (χ0n) is 38.7. The standard InChI is InChI=1S/C51H92NO7P/c1-3-5-7-9-11-13-15-17-19-20-21-22-23-24-25-26-27-28-29-31-33-35-37-39-41-43-46-56-48-50(49-58-60(54,55)57-47-45-52)59-51(53)44-42-40-38-36-34-32-30-18-16-14-12-10-8-6-4-2/h6,8,12,14,18,20-21,30,34,36,40,42,50H,3-5,7,9-11,13,15-17,19,22-29,31-33,35,37-39,41,43-49,52H2,1-2H3,(H,54,55)/b8-6-,14-12-,21-20-,30-18-,36-34-,42-40-. The van der Waals surface area contributed by atoms with Crippen LogP contribution in [0.25, 0.3) is 0 Å². The number of rotatable bonds is 46. The molecule has 0 aliphatic heterocycles. The Morgan fingerprint density at radius 2 is 0.933 bits per heavy atom. The van der Waals surface area contributed by atoms with Crippen LogP contribution in [-0.4, -0.2) is 49.9 Å². The van der Waals surface area contributed by atoms with Crippen molar-refractivity contribution in [3.8, 4) is 0 Å². The maximum atomic E-state index is 12.5. The molecule has 60 heavy (non-hydrogen) atoms. The number of phosphoric acid groups is 1. The summed E-state index contributed by atoms with van der Waals surface area (Å²) < 4.78 is 33.4. The van der Waals surface area contributed by atoms with Crippen LogP contribution in [0.4, 0.5) is 0 Å². The molecular formula is C51H92NO7P. The number of hydrogen-bond acceptors (Lipinski definition) is 7. The third-order valence-corrected chi connectivity index (χ3v) is 11.1. The topological polar surface area (TPSA) is 117 Å². The minimum absolute atomic E-state index is 0.0745. The van der Waals surface area contributed by atoms with E-state index in [1.807, 2.05) is 6.08 Å². The molecule has 2 atom stereocenters. The van der Waals surface area contributed by atoms with Gasteiger partial charge < -0.3 is 20.1 Å². The van der Waals surface area contributed by atoms with Gasteiger partial charge in [0.15, 0.2) is 0 Å². The molecule has 0 saturated heterocycles. The molecule has 9 heteroatoms. The van der Waals surface area contributed by atoms with Gasteiger partial charge in [-0.25, -0.2) is 4.57 Å². The molecular weight excluding hydrogens is 770 g/mol. The van der Waals surface area contributed by atoms with Crippen molar-refractivity contribution in [2.45, 2.75) is 213 Å². The second-order valence-electron chi connectivity index (χ2n) is 16.0. The number of ether oxygens (including phenoxy) is 2. The molecule has 0 aliphatic carbocycles. The Labute approximate surface area is 369 Å². The third kappa shape index (κ3) is 47.0. The van der Waals surface area contributed by atoms with Crippen molar-refractivity contribution in [1.29, 1.82) is 0 Å². The molecule has 0 heterocycles. The molecule has 0 rings (SSSR count). The number of unbranched alkanes of at least 4 members (excludes halogenated alkanes) is 22. The summed E-state index contributed by atoms with van der Waals surface area (Å²) in [5, 5.41) is 0. The van der Waals surface area contributed by atoms with E-state index in [1.54, 1.807) is 6.08 Å². The van der Waals surface area contributed by atoms with Gasteiger partial charge in [-0.2, -0.15) is 0 Å². The molecule has 0 fully saturated rings. The number of nitrogens with two attached hydrogens (primary N) is 1. The largest absolute Gasteiger partial charge is 0.472 e. The monoisotopic (exact) mass is 862 g/mol. The SMILES string of the molecule is CC/C=C\C/C=C\C/C=C\C/C=C\C/C=C\CC(=O)OC(COCCCCCCCCCCCCCCCC/C=C\CCCCCCCCCC)COP(=O)(O)OCCN. The normalized spacial score (nSPS) is 14.0. The van der Waals surface area contributed by atoms with Crippen LogP contribution < -0.4 is 5.73 Å². The highest BCUT2D eigenvalue weighted by molar-refractivity contribution is 7.47. The van der Waals surface area contributed by atoms with Gasteiger partial charge in [0.1, 0.15) is 6.10 Å². The number of hydrogen-bond donors (Lipinski definition) is 2. The second-order valence-corrected chi connectivity index (χ2v) is 17.4. The van der Waals surface area contributed by atoms with E-state index in [0.29, 0.717) is 13.0 Å². The molecule has 0 aromatic carbocycles. The maximum Gasteiger partial charge on any atom is 0.472 e. The van der Waals surface area contributed by atoms with Gasteiger partial charge in [-0.05, 0) is 64.2 Å². The summed E-state index contributed by atoms with van der Waals surface area (Å²) in [7, 11) is -4.31. The summed E-state index contributed by atoms with van der Waals surface area (Å²) in [4.78, 5) is 22.4. The first kappa shape index (κ1) is 57.9. The van der Waals surface area contributed by atoms with E-state index in [9.17, 15) is 14.3 Å². The summed E-state index contributed by atoms with van der Waals surface area (Å²) in [6.45, 7) is 4.68. The lowest BCUT2D eigenvalue weighted by molar-refractivity contribution is -0.153. The highest BCUT2D eigenvalue weighted by atomic mass is 31.2. The summed E-state index contributed by atoms with van der Waals surface area (Å²) in [6, 6.07) is 0. The van der Waals surface area contributed by atoms with Gasteiger partial charge in [-0.15, -0.1) is 0 Å². The van der Waals surface area contributed by atoms with Crippen LogP contribution in [0.3, 0.4) is 0 Å². The minimum atomic E-state index is -4.31. The average Bonchev–Trinajstić information content (AvgIpc) is 3.24. The van der Waals surface area contributed by atoms with E-state index in [-0.39, 0.29) is 32.8 Å². The minimum Gasteiger partial charge on any atom is -0.457 e. The first-order valence-electron chi connectivity index (χ1n) is 24.4. The van der Waals surface area contributed by atoms with Crippen LogP contribution in [0.1, 0.15) is 206 Å². The first-order chi connectivity index (χ1) is 29.4. The van der Waals surface area contributed by atoms with E-state index < -0.39 is 19.9 Å². The Morgan fingerprint density at radius 3 is 1.38 bits per heavy atom. The number of carbonyl (C=O) groups excluding carboxylic acids is 1. The van der Waals surface area contributed by atoms with Gasteiger partial charge >= 0.3 is 13.8 Å². The fraction of sp³-hybridized carbons (Fsp3) is 0.745. The summed E-state index contributed by atoms with van der Waals surface area (Å²) in [5.74, 6) is -0.456. The fourth-order valence-electron chi connectivity index (χ4n) is 6.60. The highest BCUT2D eigenvalue weighted by Gasteiger charge is 2.25. The van der Waals surface area contributed by atoms with Gasteiger partial charge in [0.05, 0.1) is 26.2 Å². The molecule has 0 saturated carbocycles. The van der Waals surface area contributed by atoms with Gasteiger partial charge in [-0.3, -0.25) is 13.8 Å². The molecule has 2 unspecified atom stereocenters. The number of esters is 1. The van der Waals surface area contributed by atoms with Crippen LogP contribution in [0, 0.1) is 0 Å². The molecule has 0 radical (unpaired) electrons. The van der Waals surface area contributed by atoms with E-state index in [2.05, 4.69) is 74.6 Å². The summed E-state index contributed by atoms with van der Waals surface area (Å²) in [6.07, 6.45) is 61.2. The second kappa shape index (κ2) is 48.0. The quantitative estimate of drug-likeness (QED) is 0.0269. The van der Waals surface area contributed by atoms with Crippen LogP contribution in [0.2, 0.25) is 0 Å². The predicted molar refractivity (Wildman–Crippen MR) is 256 cm³/mol. The first-order valence-corrected chi connectivity index (χ1v) is 25.9. The fourth-order valence-corrected chi connectivity index (χ4v) is 7.36. The maximum absolute atomic E-state index is 12.5. The van der Waals surface area contributed by atoms with Crippen molar-refractivity contribution in [1.82, 2.24) is 0 Å². The van der Waals surface area contributed by atoms with Crippen molar-refractivity contribution >= 4 is 13.8 Å². The Hall–Kier alpha value is -2.06. The van der Waals surface area contributed by atoms with Gasteiger partial charge in [-0.1, -0.05) is 209 Å². The Morgan fingerprint density at radius 1 is 0.517 bits per heavy atom. The summed E-state index contributed by atoms with van der Waals surface area (Å²) >= 11 is 0. The van der Waals surface area contributed by atoms with Gasteiger partial charge in [0.2, 0.25) is 0 Å². The lowest BCUT2D eigenvalue weighted by Crippen LogP contribution is -2.28. The third-order valence-electron chi connectivity index (χ3n) is 10.1. The highest BCUT2D eigenvalue weighted by Crippen LogP contribution is 2.43. The molecule has 0 aliphatic rings. The average molecular weight is 862 g/mol. The molecule has 0 amide bonds. The lowest BCUT2D eigenvalue weighted by Gasteiger charge is -2.19.